The van der Waals surface area contributed by atoms with Crippen LogP contribution >= 0.6 is 43.2 Å². The third-order valence-corrected chi connectivity index (χ3v) is 4.80. The number of nitrogens with one attached hydrogen (secondary N) is 2. The van der Waals surface area contributed by atoms with Crippen molar-refractivity contribution in [2.75, 3.05) is 18.4 Å². The van der Waals surface area contributed by atoms with Gasteiger partial charge in [-0.15, -0.1) is 11.3 Å². The summed E-state index contributed by atoms with van der Waals surface area (Å²) in [5.41, 5.74) is 0.808. The van der Waals surface area contributed by atoms with E-state index in [4.69, 9.17) is 0 Å². The van der Waals surface area contributed by atoms with Gasteiger partial charge in [0.2, 0.25) is 5.91 Å². The van der Waals surface area contributed by atoms with Crippen molar-refractivity contribution in [3.05, 3.63) is 49.5 Å². The number of halogens is 2. The third kappa shape index (κ3) is 5.36. The van der Waals surface area contributed by atoms with Crippen LogP contribution in [0.3, 0.4) is 0 Å². The summed E-state index contributed by atoms with van der Waals surface area (Å²) in [5, 5.41) is 5.99. The number of hydrogen-bond donors (Lipinski definition) is 2. The first-order valence-corrected chi connectivity index (χ1v) is 8.54. The van der Waals surface area contributed by atoms with Gasteiger partial charge in [0.1, 0.15) is 0 Å². The second-order valence-corrected chi connectivity index (χ2v) is 7.65. The second kappa shape index (κ2) is 7.93. The number of amides is 1. The number of carbonyl (C=O) groups is 1. The molecule has 0 aliphatic heterocycles. The Hall–Kier alpha value is -0.690. The molecule has 0 atom stereocenters. The first kappa shape index (κ1) is 15.7. The fourth-order valence-electron chi connectivity index (χ4n) is 1.64. The lowest BCUT2D eigenvalue weighted by molar-refractivity contribution is -0.115. The maximum Gasteiger partial charge on any atom is 0.238 e. The summed E-state index contributed by atoms with van der Waals surface area (Å²) in [7, 11) is 0. The third-order valence-electron chi connectivity index (χ3n) is 2.59. The van der Waals surface area contributed by atoms with Gasteiger partial charge < -0.3 is 10.6 Å². The highest BCUT2D eigenvalue weighted by atomic mass is 79.9. The molecular weight excluding hydrogens is 404 g/mol. The van der Waals surface area contributed by atoms with E-state index in [1.807, 2.05) is 30.3 Å². The molecule has 0 radical (unpaired) electrons. The number of benzene rings is 1. The van der Waals surface area contributed by atoms with Crippen molar-refractivity contribution in [1.29, 1.82) is 0 Å². The van der Waals surface area contributed by atoms with Gasteiger partial charge in [0.05, 0.1) is 10.3 Å². The molecule has 2 rings (SSSR count). The maximum atomic E-state index is 11.7. The van der Waals surface area contributed by atoms with Gasteiger partial charge in [-0.1, -0.05) is 15.9 Å². The van der Waals surface area contributed by atoms with Crippen LogP contribution in [0.25, 0.3) is 0 Å². The molecule has 1 heterocycles. The number of rotatable bonds is 6. The van der Waals surface area contributed by atoms with Gasteiger partial charge in [0.25, 0.3) is 0 Å². The highest BCUT2D eigenvalue weighted by molar-refractivity contribution is 9.11. The van der Waals surface area contributed by atoms with E-state index in [1.54, 1.807) is 11.3 Å². The van der Waals surface area contributed by atoms with Crippen LogP contribution < -0.4 is 10.6 Å². The highest BCUT2D eigenvalue weighted by Gasteiger charge is 2.02. The van der Waals surface area contributed by atoms with Gasteiger partial charge in [-0.3, -0.25) is 4.79 Å². The monoisotopic (exact) mass is 416 g/mol. The smallest absolute Gasteiger partial charge is 0.238 e. The molecule has 3 nitrogen and oxygen atoms in total. The Balaban J connectivity index is 1.66. The van der Waals surface area contributed by atoms with E-state index < -0.39 is 0 Å². The van der Waals surface area contributed by atoms with Gasteiger partial charge >= 0.3 is 0 Å². The summed E-state index contributed by atoms with van der Waals surface area (Å²) < 4.78 is 2.14. The summed E-state index contributed by atoms with van der Waals surface area (Å²) in [6.45, 7) is 1.11. The molecule has 1 aromatic heterocycles. The predicted octanol–water partition coefficient (Wildman–Crippen LogP) is 4.04. The van der Waals surface area contributed by atoms with Gasteiger partial charge in [-0.25, -0.2) is 0 Å². The van der Waals surface area contributed by atoms with E-state index in [9.17, 15) is 4.79 Å². The minimum Gasteiger partial charge on any atom is -0.325 e. The lowest BCUT2D eigenvalue weighted by Gasteiger charge is -2.06. The first-order valence-electron chi connectivity index (χ1n) is 6.14. The summed E-state index contributed by atoms with van der Waals surface area (Å²) in [6, 6.07) is 11.7. The van der Waals surface area contributed by atoms with Crippen molar-refractivity contribution in [3.8, 4) is 0 Å². The molecule has 0 saturated carbocycles. The molecule has 20 heavy (non-hydrogen) atoms. The van der Waals surface area contributed by atoms with Crippen molar-refractivity contribution >= 4 is 54.8 Å². The van der Waals surface area contributed by atoms with Gasteiger partial charge in [-0.2, -0.15) is 0 Å². The Morgan fingerprint density at radius 3 is 2.50 bits per heavy atom. The lowest BCUT2D eigenvalue weighted by atomic mass is 10.3. The fourth-order valence-corrected chi connectivity index (χ4v) is 3.39. The van der Waals surface area contributed by atoms with E-state index in [-0.39, 0.29) is 5.91 Å². The van der Waals surface area contributed by atoms with Crippen LogP contribution in [0.1, 0.15) is 4.88 Å². The molecule has 0 fully saturated rings. The molecule has 0 spiro atoms. The molecule has 1 amide bonds. The lowest BCUT2D eigenvalue weighted by Crippen LogP contribution is -2.29. The molecule has 2 N–H and O–H groups in total. The Morgan fingerprint density at radius 2 is 1.85 bits per heavy atom. The van der Waals surface area contributed by atoms with Crippen LogP contribution in [0.2, 0.25) is 0 Å². The molecule has 6 heteroatoms. The minimum atomic E-state index is -0.0281. The highest BCUT2D eigenvalue weighted by Crippen LogP contribution is 2.22. The van der Waals surface area contributed by atoms with E-state index in [1.165, 1.54) is 4.88 Å². The Kier molecular flexibility index (Phi) is 6.22. The van der Waals surface area contributed by atoms with Crippen LogP contribution in [-0.2, 0) is 11.2 Å². The predicted molar refractivity (Wildman–Crippen MR) is 91.4 cm³/mol. The number of anilines is 1. The van der Waals surface area contributed by atoms with Crippen LogP contribution in [0, 0.1) is 0 Å². The summed E-state index contributed by atoms with van der Waals surface area (Å²) in [4.78, 5) is 13.0. The van der Waals surface area contributed by atoms with Crippen molar-refractivity contribution in [3.63, 3.8) is 0 Å². The number of hydrogen-bond acceptors (Lipinski definition) is 3. The zero-order valence-electron chi connectivity index (χ0n) is 10.7. The summed E-state index contributed by atoms with van der Waals surface area (Å²) >= 11 is 8.52. The average molecular weight is 418 g/mol. The van der Waals surface area contributed by atoms with E-state index in [2.05, 4.69) is 48.6 Å². The maximum absolute atomic E-state index is 11.7. The van der Waals surface area contributed by atoms with Crippen LogP contribution in [0.4, 0.5) is 5.69 Å². The molecule has 0 aliphatic rings. The molecule has 0 unspecified atom stereocenters. The number of carbonyl (C=O) groups excluding carboxylic acids is 1. The standard InChI is InChI=1S/C14H14Br2N2OS/c15-10-1-3-11(4-2-10)18-14(19)9-17-8-7-12-5-6-13(16)20-12/h1-6,17H,7-9H2,(H,18,19). The van der Waals surface area contributed by atoms with Crippen LogP contribution in [0.5, 0.6) is 0 Å². The van der Waals surface area contributed by atoms with Crippen molar-refractivity contribution in [1.82, 2.24) is 5.32 Å². The SMILES string of the molecule is O=C(CNCCc1ccc(Br)s1)Nc1ccc(Br)cc1. The largest absolute Gasteiger partial charge is 0.325 e. The molecule has 0 aliphatic carbocycles. The first-order chi connectivity index (χ1) is 9.63. The summed E-state index contributed by atoms with van der Waals surface area (Å²) in [5.74, 6) is -0.0281. The Bertz CT molecular complexity index is 569. The quantitative estimate of drug-likeness (QED) is 0.696. The Morgan fingerprint density at radius 1 is 1.10 bits per heavy atom. The topological polar surface area (TPSA) is 41.1 Å². The molecule has 0 bridgehead atoms. The van der Waals surface area contributed by atoms with Crippen LogP contribution in [-0.4, -0.2) is 19.0 Å². The van der Waals surface area contributed by atoms with Gasteiger partial charge in [0.15, 0.2) is 0 Å². The average Bonchev–Trinajstić information content (AvgIpc) is 2.83. The van der Waals surface area contributed by atoms with E-state index in [0.717, 1.165) is 26.9 Å². The van der Waals surface area contributed by atoms with Crippen LogP contribution in [0.15, 0.2) is 44.7 Å². The zero-order valence-corrected chi connectivity index (χ0v) is 14.6. The van der Waals surface area contributed by atoms with Crippen molar-refractivity contribution in [2.45, 2.75) is 6.42 Å². The molecule has 1 aromatic carbocycles. The number of thiophene rings is 1. The van der Waals surface area contributed by atoms with Crippen molar-refractivity contribution in [2.24, 2.45) is 0 Å². The van der Waals surface area contributed by atoms with E-state index in [0.29, 0.717) is 6.54 Å². The molecular formula is C14H14Br2N2OS. The minimum absolute atomic E-state index is 0.0281. The van der Waals surface area contributed by atoms with Gasteiger partial charge in [-0.05, 0) is 58.7 Å². The Labute approximate surface area is 139 Å². The molecule has 0 saturated heterocycles. The molecule has 2 aromatic rings. The van der Waals surface area contributed by atoms with E-state index >= 15 is 0 Å². The normalized spacial score (nSPS) is 10.5. The van der Waals surface area contributed by atoms with Gasteiger partial charge in [0, 0.05) is 21.6 Å². The van der Waals surface area contributed by atoms with Crippen molar-refractivity contribution < 1.29 is 4.79 Å². The zero-order chi connectivity index (χ0) is 14.4. The second-order valence-electron chi connectivity index (χ2n) is 4.19. The molecule has 106 valence electrons. The summed E-state index contributed by atoms with van der Waals surface area (Å²) in [6.07, 6.45) is 0.932. The fraction of sp³-hybridized carbons (Fsp3) is 0.214.